The van der Waals surface area contributed by atoms with E-state index in [4.69, 9.17) is 0 Å². The lowest BCUT2D eigenvalue weighted by Crippen LogP contribution is -2.58. The Morgan fingerprint density at radius 2 is 1.80 bits per heavy atom. The summed E-state index contributed by atoms with van der Waals surface area (Å²) in [7, 11) is 1.95. The Kier molecular flexibility index (Phi) is 16.3. The summed E-state index contributed by atoms with van der Waals surface area (Å²) >= 11 is 1.14. The summed E-state index contributed by atoms with van der Waals surface area (Å²) < 4.78 is 13.4. The van der Waals surface area contributed by atoms with Crippen molar-refractivity contribution in [2.24, 2.45) is 11.8 Å². The number of thiazole rings is 1. The maximum absolute atomic E-state index is 14.3. The van der Waals surface area contributed by atoms with E-state index in [1.807, 2.05) is 41.7 Å². The van der Waals surface area contributed by atoms with Crippen molar-refractivity contribution in [2.45, 2.75) is 123 Å². The molecule has 0 saturated carbocycles. The predicted octanol–water partition coefficient (Wildman–Crippen LogP) is 5.19. The van der Waals surface area contributed by atoms with Crippen LogP contribution in [-0.2, 0) is 20.8 Å². The molecule has 0 aliphatic carbocycles. The van der Waals surface area contributed by atoms with Gasteiger partial charge >= 0.3 is 5.97 Å². The molecule has 2 aromatic rings. The lowest BCUT2D eigenvalue weighted by atomic mass is 9.92. The number of likely N-dealkylation sites (N-methyl/N-ethyl adjacent to an activating group) is 1. The Hall–Kier alpha value is -3.42. The molecule has 1 aliphatic heterocycles. The van der Waals surface area contributed by atoms with Gasteiger partial charge in [0.05, 0.1) is 6.04 Å². The Balaban J connectivity index is 1.76. The van der Waals surface area contributed by atoms with Crippen molar-refractivity contribution in [1.29, 1.82) is 0 Å². The predicted molar refractivity (Wildman–Crippen MR) is 192 cm³/mol. The maximum Gasteiger partial charge on any atom is 0.303 e. The number of nitrogens with zero attached hydrogens (tertiary/aromatic N) is 3. The van der Waals surface area contributed by atoms with Gasteiger partial charge in [-0.1, -0.05) is 59.6 Å². The monoisotopic (exact) mass is 717 g/mol. The molecule has 1 aromatic heterocycles. The fourth-order valence-corrected chi connectivity index (χ4v) is 7.32. The minimum atomic E-state index is -1.06. The highest BCUT2D eigenvalue weighted by Crippen LogP contribution is 2.29. The smallest absolute Gasteiger partial charge is 0.303 e. The molecule has 0 radical (unpaired) electrons. The number of halogens is 1. The van der Waals surface area contributed by atoms with Crippen LogP contribution in [0, 0.1) is 17.7 Å². The summed E-state index contributed by atoms with van der Waals surface area (Å²) in [6.07, 6.45) is 3.64. The van der Waals surface area contributed by atoms with Crippen LogP contribution >= 0.6 is 11.3 Å². The van der Waals surface area contributed by atoms with Crippen molar-refractivity contribution < 1.29 is 33.8 Å². The van der Waals surface area contributed by atoms with Gasteiger partial charge in [0.25, 0.3) is 5.91 Å². The molecule has 0 spiro atoms. The van der Waals surface area contributed by atoms with Crippen molar-refractivity contribution in [2.75, 3.05) is 20.1 Å². The van der Waals surface area contributed by atoms with Crippen LogP contribution < -0.4 is 10.6 Å². The second kappa shape index (κ2) is 19.8. The molecule has 278 valence electrons. The third kappa shape index (κ3) is 11.8. The Morgan fingerprint density at radius 3 is 2.40 bits per heavy atom. The second-order valence-corrected chi connectivity index (χ2v) is 14.9. The summed E-state index contributed by atoms with van der Waals surface area (Å²) in [5, 5.41) is 28.5. The van der Waals surface area contributed by atoms with Gasteiger partial charge in [0.15, 0.2) is 0 Å². The largest absolute Gasteiger partial charge is 0.481 e. The quantitative estimate of drug-likeness (QED) is 0.155. The third-order valence-electron chi connectivity index (χ3n) is 9.71. The fraction of sp³-hybridized carbons (Fsp3) is 0.649. The number of carboxylic acid groups (broad SMARTS) is 1. The molecule has 1 aliphatic rings. The number of aliphatic hydroxyl groups is 1. The summed E-state index contributed by atoms with van der Waals surface area (Å²) in [6.45, 7) is 11.3. The lowest BCUT2D eigenvalue weighted by Gasteiger charge is -2.39. The van der Waals surface area contributed by atoms with Gasteiger partial charge in [0.1, 0.15) is 28.7 Å². The Labute approximate surface area is 300 Å². The van der Waals surface area contributed by atoms with Crippen LogP contribution in [-0.4, -0.2) is 93.0 Å². The van der Waals surface area contributed by atoms with Crippen molar-refractivity contribution in [1.82, 2.24) is 25.4 Å². The lowest BCUT2D eigenvalue weighted by molar-refractivity contribution is -0.142. The van der Waals surface area contributed by atoms with Gasteiger partial charge < -0.3 is 25.7 Å². The highest BCUT2D eigenvalue weighted by Gasteiger charge is 2.37. The van der Waals surface area contributed by atoms with Crippen molar-refractivity contribution in [3.8, 4) is 0 Å². The number of carbonyl (C=O) groups excluding carboxylic acids is 3. The maximum atomic E-state index is 14.3. The van der Waals surface area contributed by atoms with E-state index in [0.29, 0.717) is 30.8 Å². The first-order valence-corrected chi connectivity index (χ1v) is 18.8. The van der Waals surface area contributed by atoms with Crippen LogP contribution in [0.4, 0.5) is 4.39 Å². The number of aliphatic hydroxyl groups excluding tert-OH is 1. The number of likely N-dealkylation sites (tertiary alicyclic amines) is 1. The van der Waals surface area contributed by atoms with E-state index in [2.05, 4.69) is 20.5 Å². The molecule has 1 saturated heterocycles. The van der Waals surface area contributed by atoms with Gasteiger partial charge in [-0.05, 0) is 75.2 Å². The van der Waals surface area contributed by atoms with Crippen LogP contribution in [0.1, 0.15) is 113 Å². The van der Waals surface area contributed by atoms with Crippen LogP contribution in [0.15, 0.2) is 29.6 Å². The average Bonchev–Trinajstić information content (AvgIpc) is 3.59. The highest BCUT2D eigenvalue weighted by atomic mass is 32.1. The van der Waals surface area contributed by atoms with E-state index in [1.165, 1.54) is 12.1 Å². The number of rotatable bonds is 19. The first-order valence-electron chi connectivity index (χ1n) is 18.0. The number of aromatic nitrogens is 1. The molecule has 1 fully saturated rings. The Bertz CT molecular complexity index is 1400. The van der Waals surface area contributed by atoms with Gasteiger partial charge in [0.2, 0.25) is 11.8 Å². The number of aliphatic carboxylic acids is 1. The molecule has 3 amide bonds. The van der Waals surface area contributed by atoms with Crippen LogP contribution in [0.3, 0.4) is 0 Å². The molecular weight excluding hydrogens is 662 g/mol. The topological polar surface area (TPSA) is 152 Å². The van der Waals surface area contributed by atoms with Crippen molar-refractivity contribution in [3.63, 3.8) is 0 Å². The molecule has 3 rings (SSSR count). The summed E-state index contributed by atoms with van der Waals surface area (Å²) in [4.78, 5) is 60.6. The van der Waals surface area contributed by atoms with Gasteiger partial charge in [-0.25, -0.2) is 9.37 Å². The molecule has 1 unspecified atom stereocenters. The minimum absolute atomic E-state index is 0.0258. The van der Waals surface area contributed by atoms with Crippen LogP contribution in [0.2, 0.25) is 0 Å². The van der Waals surface area contributed by atoms with Crippen molar-refractivity contribution >= 4 is 35.0 Å². The molecule has 50 heavy (non-hydrogen) atoms. The number of hydrogen-bond acceptors (Lipinski definition) is 8. The SMILES string of the molecule is CCCN(C(=O)C(NC(=O)[C@H]1CCCCN1C)[C@@H](C)CC)[C@H](C[C@@H](O)c1nc(C(=O)N[C@H](CCC(=O)O)Cc2ccc(F)cc2)cs1)C(C)C. The van der Waals surface area contributed by atoms with E-state index in [-0.39, 0.29) is 66.5 Å². The zero-order valence-corrected chi connectivity index (χ0v) is 31.2. The zero-order chi connectivity index (χ0) is 37.0. The third-order valence-corrected chi connectivity index (χ3v) is 10.7. The summed E-state index contributed by atoms with van der Waals surface area (Å²) in [5.41, 5.74) is 0.845. The molecule has 2 heterocycles. The molecule has 6 atom stereocenters. The molecule has 4 N–H and O–H groups in total. The first kappa shape index (κ1) is 41.0. The second-order valence-electron chi connectivity index (χ2n) is 14.0. The number of carboxylic acids is 1. The first-order chi connectivity index (χ1) is 23.7. The highest BCUT2D eigenvalue weighted by molar-refractivity contribution is 7.09. The van der Waals surface area contributed by atoms with Crippen LogP contribution in [0.25, 0.3) is 0 Å². The number of carbonyl (C=O) groups is 4. The van der Waals surface area contributed by atoms with Gasteiger partial charge in [-0.15, -0.1) is 11.3 Å². The number of benzene rings is 1. The molecule has 1 aromatic carbocycles. The zero-order valence-electron chi connectivity index (χ0n) is 30.4. The standard InChI is InChI=1S/C37H56FN5O6S/c1-7-18-43(37(49)33(24(5)8-2)41-35(48)29-11-9-10-19-42(29)6)30(23(3)4)21-31(44)36-40-28(22-50-36)34(47)39-27(16-17-32(45)46)20-25-12-14-26(38)15-13-25/h12-15,22-24,27,29-31,33,44H,7-11,16-21H2,1-6H3,(H,39,47)(H,41,48)(H,45,46)/t24-,27+,29+,30+,31+,33?/m0/s1. The minimum Gasteiger partial charge on any atom is -0.481 e. The van der Waals surface area contributed by atoms with Gasteiger partial charge in [-0.2, -0.15) is 0 Å². The van der Waals surface area contributed by atoms with E-state index in [0.717, 1.165) is 42.7 Å². The number of piperidine rings is 1. The molecule has 11 nitrogen and oxygen atoms in total. The van der Waals surface area contributed by atoms with Gasteiger partial charge in [-0.3, -0.25) is 24.1 Å². The molecule has 13 heteroatoms. The normalized spacial score (nSPS) is 18.1. The van der Waals surface area contributed by atoms with E-state index >= 15 is 0 Å². The number of nitrogens with one attached hydrogen (secondary N) is 2. The van der Waals surface area contributed by atoms with E-state index in [1.54, 1.807) is 22.4 Å². The number of amides is 3. The average molecular weight is 718 g/mol. The fourth-order valence-electron chi connectivity index (χ4n) is 6.52. The van der Waals surface area contributed by atoms with E-state index < -0.39 is 30.1 Å². The summed E-state index contributed by atoms with van der Waals surface area (Å²) in [6, 6.07) is 3.96. The molecular formula is C37H56FN5O6S. The molecule has 0 bridgehead atoms. The van der Waals surface area contributed by atoms with E-state index in [9.17, 15) is 33.8 Å². The van der Waals surface area contributed by atoms with Crippen molar-refractivity contribution in [3.05, 3.63) is 51.7 Å². The summed E-state index contributed by atoms with van der Waals surface area (Å²) in [5.74, 6) is -2.29. The Morgan fingerprint density at radius 1 is 1.10 bits per heavy atom. The number of hydrogen-bond donors (Lipinski definition) is 4. The van der Waals surface area contributed by atoms with Gasteiger partial charge in [0, 0.05) is 36.9 Å². The van der Waals surface area contributed by atoms with Crippen LogP contribution in [0.5, 0.6) is 0 Å².